The van der Waals surface area contributed by atoms with Gasteiger partial charge in [-0.15, -0.1) is 0 Å². The van der Waals surface area contributed by atoms with Crippen molar-refractivity contribution in [2.24, 2.45) is 0 Å². The number of carbonyl (C=O) groups excluding carboxylic acids is 1. The molecule has 0 saturated heterocycles. The van der Waals surface area contributed by atoms with Gasteiger partial charge >= 0.3 is 0 Å². The Bertz CT molecular complexity index is 700. The second-order valence-corrected chi connectivity index (χ2v) is 5.80. The predicted octanol–water partition coefficient (Wildman–Crippen LogP) is 3.91. The quantitative estimate of drug-likeness (QED) is 0.586. The van der Waals surface area contributed by atoms with E-state index in [0.717, 1.165) is 28.2 Å². The number of amides is 1. The van der Waals surface area contributed by atoms with Gasteiger partial charge in [-0.2, -0.15) is 0 Å². The van der Waals surface area contributed by atoms with E-state index in [1.54, 1.807) is 6.08 Å². The van der Waals surface area contributed by atoms with Crippen molar-refractivity contribution in [3.63, 3.8) is 0 Å². The molecule has 0 bridgehead atoms. The highest BCUT2D eigenvalue weighted by Crippen LogP contribution is 2.16. The molecule has 0 aromatic heterocycles. The molecule has 0 aliphatic carbocycles. The molecule has 2 rings (SSSR count). The van der Waals surface area contributed by atoms with Crippen LogP contribution >= 0.6 is 0 Å². The van der Waals surface area contributed by atoms with Gasteiger partial charge in [0.2, 0.25) is 5.91 Å². The lowest BCUT2D eigenvalue weighted by atomic mass is 10.1. The Balaban J connectivity index is 1.72. The summed E-state index contributed by atoms with van der Waals surface area (Å²) in [5.41, 5.74) is 3.28. The first kappa shape index (κ1) is 18.6. The highest BCUT2D eigenvalue weighted by molar-refractivity contribution is 5.91. The maximum absolute atomic E-state index is 11.8. The topological polar surface area (TPSA) is 47.6 Å². The van der Waals surface area contributed by atoms with E-state index < -0.39 is 0 Å². The molecule has 4 nitrogen and oxygen atoms in total. The summed E-state index contributed by atoms with van der Waals surface area (Å²) >= 11 is 0. The van der Waals surface area contributed by atoms with Crippen LogP contribution in [0.15, 0.2) is 48.5 Å². The van der Waals surface area contributed by atoms with Gasteiger partial charge in [0.1, 0.15) is 18.1 Å². The minimum atomic E-state index is -0.141. The van der Waals surface area contributed by atoms with E-state index in [4.69, 9.17) is 9.47 Å². The van der Waals surface area contributed by atoms with E-state index in [1.165, 1.54) is 6.08 Å². The number of aryl methyl sites for hydroxylation is 2. The summed E-state index contributed by atoms with van der Waals surface area (Å²) in [6, 6.07) is 13.7. The van der Waals surface area contributed by atoms with Crippen LogP contribution in [0.3, 0.4) is 0 Å². The number of hydrogen-bond donors (Lipinski definition) is 1. The predicted molar refractivity (Wildman–Crippen MR) is 101 cm³/mol. The highest BCUT2D eigenvalue weighted by Gasteiger charge is 1.99. The highest BCUT2D eigenvalue weighted by atomic mass is 16.5. The molecule has 1 amide bonds. The van der Waals surface area contributed by atoms with Crippen molar-refractivity contribution in [1.82, 2.24) is 5.32 Å². The molecule has 4 heteroatoms. The summed E-state index contributed by atoms with van der Waals surface area (Å²) in [7, 11) is 0. The minimum absolute atomic E-state index is 0.141. The summed E-state index contributed by atoms with van der Waals surface area (Å²) in [5.74, 6) is 1.52. The fourth-order valence-corrected chi connectivity index (χ4v) is 2.43. The third-order valence-electron chi connectivity index (χ3n) is 3.48. The second-order valence-electron chi connectivity index (χ2n) is 5.80. The molecular weight excluding hydrogens is 314 g/mol. The van der Waals surface area contributed by atoms with Crippen LogP contribution in [-0.4, -0.2) is 25.7 Å². The van der Waals surface area contributed by atoms with Crippen LogP contribution in [0.5, 0.6) is 11.5 Å². The average Bonchev–Trinajstić information content (AvgIpc) is 2.57. The molecule has 0 heterocycles. The van der Waals surface area contributed by atoms with Crippen LogP contribution in [0, 0.1) is 13.8 Å². The van der Waals surface area contributed by atoms with Gasteiger partial charge in [0, 0.05) is 6.08 Å². The maximum atomic E-state index is 11.8. The van der Waals surface area contributed by atoms with Gasteiger partial charge in [-0.25, -0.2) is 0 Å². The second kappa shape index (κ2) is 9.52. The third-order valence-corrected chi connectivity index (χ3v) is 3.48. The molecule has 0 radical (unpaired) electrons. The van der Waals surface area contributed by atoms with Crippen molar-refractivity contribution in [2.75, 3.05) is 19.8 Å². The van der Waals surface area contributed by atoms with E-state index in [2.05, 4.69) is 11.4 Å². The Morgan fingerprint density at radius 1 is 1.00 bits per heavy atom. The van der Waals surface area contributed by atoms with Crippen molar-refractivity contribution in [3.8, 4) is 11.5 Å². The first-order chi connectivity index (χ1) is 12.1. The zero-order valence-corrected chi connectivity index (χ0v) is 15.0. The van der Waals surface area contributed by atoms with Gasteiger partial charge in [0.25, 0.3) is 0 Å². The molecule has 0 spiro atoms. The number of nitrogens with one attached hydrogen (secondary N) is 1. The average molecular weight is 339 g/mol. The molecule has 0 atom stereocenters. The van der Waals surface area contributed by atoms with E-state index in [1.807, 2.05) is 57.2 Å². The summed E-state index contributed by atoms with van der Waals surface area (Å²) < 4.78 is 11.1. The van der Waals surface area contributed by atoms with Crippen molar-refractivity contribution in [2.45, 2.75) is 20.8 Å². The molecule has 25 heavy (non-hydrogen) atoms. The molecule has 132 valence electrons. The number of rotatable bonds is 8. The van der Waals surface area contributed by atoms with Crippen molar-refractivity contribution in [3.05, 3.63) is 65.2 Å². The third kappa shape index (κ3) is 6.71. The monoisotopic (exact) mass is 339 g/mol. The van der Waals surface area contributed by atoms with Gasteiger partial charge in [0.15, 0.2) is 0 Å². The van der Waals surface area contributed by atoms with E-state index in [-0.39, 0.29) is 5.91 Å². The van der Waals surface area contributed by atoms with Crippen molar-refractivity contribution >= 4 is 12.0 Å². The fourth-order valence-electron chi connectivity index (χ4n) is 2.43. The largest absolute Gasteiger partial charge is 0.494 e. The Morgan fingerprint density at radius 3 is 2.32 bits per heavy atom. The van der Waals surface area contributed by atoms with Gasteiger partial charge < -0.3 is 14.8 Å². The zero-order chi connectivity index (χ0) is 18.1. The lowest BCUT2D eigenvalue weighted by Gasteiger charge is -2.08. The minimum Gasteiger partial charge on any atom is -0.494 e. The molecule has 2 aromatic carbocycles. The molecule has 0 unspecified atom stereocenters. The van der Waals surface area contributed by atoms with Crippen LogP contribution in [0.1, 0.15) is 23.6 Å². The number of carbonyl (C=O) groups is 1. The Labute approximate surface area is 149 Å². The zero-order valence-electron chi connectivity index (χ0n) is 15.0. The fraction of sp³-hybridized carbons (Fsp3) is 0.286. The van der Waals surface area contributed by atoms with Crippen molar-refractivity contribution in [1.29, 1.82) is 0 Å². The lowest BCUT2D eigenvalue weighted by Crippen LogP contribution is -2.26. The van der Waals surface area contributed by atoms with Gasteiger partial charge in [-0.3, -0.25) is 4.79 Å². The maximum Gasteiger partial charge on any atom is 0.244 e. The van der Waals surface area contributed by atoms with Crippen LogP contribution in [-0.2, 0) is 4.79 Å². The Morgan fingerprint density at radius 2 is 1.68 bits per heavy atom. The Kier molecular flexibility index (Phi) is 7.08. The van der Waals surface area contributed by atoms with Gasteiger partial charge in [0.05, 0.1) is 13.2 Å². The SMILES string of the molecule is CCOc1ccc(/C=C/C(=O)NCCOc2cc(C)cc(C)c2)cc1. The van der Waals surface area contributed by atoms with Crippen LogP contribution in [0.2, 0.25) is 0 Å². The van der Waals surface area contributed by atoms with Crippen LogP contribution < -0.4 is 14.8 Å². The van der Waals surface area contributed by atoms with Crippen molar-refractivity contribution < 1.29 is 14.3 Å². The molecule has 2 aromatic rings. The van der Waals surface area contributed by atoms with E-state index in [9.17, 15) is 4.79 Å². The summed E-state index contributed by atoms with van der Waals surface area (Å²) in [6.45, 7) is 7.55. The van der Waals surface area contributed by atoms with Crippen LogP contribution in [0.4, 0.5) is 0 Å². The number of benzene rings is 2. The Hall–Kier alpha value is -2.75. The molecule has 0 aliphatic heterocycles. The van der Waals surface area contributed by atoms with Gasteiger partial charge in [-0.1, -0.05) is 18.2 Å². The lowest BCUT2D eigenvalue weighted by molar-refractivity contribution is -0.116. The summed E-state index contributed by atoms with van der Waals surface area (Å²) in [4.78, 5) is 11.8. The first-order valence-corrected chi connectivity index (χ1v) is 8.46. The summed E-state index contributed by atoms with van der Waals surface area (Å²) in [6.07, 6.45) is 3.29. The molecule has 0 aliphatic rings. The molecule has 1 N–H and O–H groups in total. The van der Waals surface area contributed by atoms with Crippen LogP contribution in [0.25, 0.3) is 6.08 Å². The molecule has 0 saturated carbocycles. The first-order valence-electron chi connectivity index (χ1n) is 8.46. The molecule has 0 fully saturated rings. The smallest absolute Gasteiger partial charge is 0.244 e. The number of ether oxygens (including phenoxy) is 2. The van der Waals surface area contributed by atoms with Gasteiger partial charge in [-0.05, 0) is 67.8 Å². The molecular formula is C21H25NO3. The normalized spacial score (nSPS) is 10.7. The van der Waals surface area contributed by atoms with E-state index >= 15 is 0 Å². The number of hydrogen-bond acceptors (Lipinski definition) is 3. The van der Waals surface area contributed by atoms with E-state index in [0.29, 0.717) is 19.8 Å². The standard InChI is InChI=1S/C21H25NO3/c1-4-24-19-8-5-18(6-9-19)7-10-21(23)22-11-12-25-20-14-16(2)13-17(3)15-20/h5-10,13-15H,4,11-12H2,1-3H3,(H,22,23)/b10-7+. The summed E-state index contributed by atoms with van der Waals surface area (Å²) in [5, 5.41) is 2.81.